The summed E-state index contributed by atoms with van der Waals surface area (Å²) in [5.41, 5.74) is 2.39. The van der Waals surface area contributed by atoms with Gasteiger partial charge in [-0.1, -0.05) is 42.5 Å². The monoisotopic (exact) mass is 294 g/mol. The SMILES string of the molecule is COc1ccccc1Cc1c(C)c(O)c2ccccc2c1O. The van der Waals surface area contributed by atoms with E-state index < -0.39 is 0 Å². The van der Waals surface area contributed by atoms with Crippen molar-refractivity contribution in [1.29, 1.82) is 0 Å². The van der Waals surface area contributed by atoms with Gasteiger partial charge in [-0.25, -0.2) is 0 Å². The predicted molar refractivity (Wildman–Crippen MR) is 87.8 cm³/mol. The first kappa shape index (κ1) is 14.3. The third-order valence-electron chi connectivity index (χ3n) is 4.09. The van der Waals surface area contributed by atoms with E-state index in [2.05, 4.69) is 0 Å². The molecule has 3 rings (SSSR count). The lowest BCUT2D eigenvalue weighted by molar-refractivity contribution is 0.410. The standard InChI is InChI=1S/C19H18O3/c1-12-16(11-13-7-3-6-10-17(13)22-2)19(21)15-9-5-4-8-14(15)18(12)20/h3-10,20-21H,11H2,1-2H3. The molecule has 0 fully saturated rings. The Morgan fingerprint density at radius 2 is 1.45 bits per heavy atom. The number of ether oxygens (including phenoxy) is 1. The van der Waals surface area contributed by atoms with Crippen LogP contribution >= 0.6 is 0 Å². The fourth-order valence-electron chi connectivity index (χ4n) is 2.84. The van der Waals surface area contributed by atoms with Gasteiger partial charge in [-0.2, -0.15) is 0 Å². The summed E-state index contributed by atoms with van der Waals surface area (Å²) in [4.78, 5) is 0. The summed E-state index contributed by atoms with van der Waals surface area (Å²) in [6.45, 7) is 1.83. The minimum Gasteiger partial charge on any atom is -0.507 e. The molecule has 0 amide bonds. The molecular weight excluding hydrogens is 276 g/mol. The number of methoxy groups -OCH3 is 1. The molecule has 0 aliphatic heterocycles. The number of fused-ring (bicyclic) bond motifs is 1. The van der Waals surface area contributed by atoms with Crippen LogP contribution in [-0.2, 0) is 6.42 Å². The molecule has 0 spiro atoms. The molecule has 0 saturated carbocycles. The van der Waals surface area contributed by atoms with Crippen LogP contribution in [0.1, 0.15) is 16.7 Å². The summed E-state index contributed by atoms with van der Waals surface area (Å²) in [5.74, 6) is 1.21. The molecule has 3 aromatic rings. The van der Waals surface area contributed by atoms with Crippen molar-refractivity contribution >= 4 is 10.8 Å². The Morgan fingerprint density at radius 3 is 2.14 bits per heavy atom. The van der Waals surface area contributed by atoms with E-state index in [1.54, 1.807) is 7.11 Å². The van der Waals surface area contributed by atoms with E-state index in [-0.39, 0.29) is 11.5 Å². The van der Waals surface area contributed by atoms with Gasteiger partial charge in [0.25, 0.3) is 0 Å². The highest BCUT2D eigenvalue weighted by atomic mass is 16.5. The van der Waals surface area contributed by atoms with E-state index >= 15 is 0 Å². The number of benzene rings is 3. The molecule has 3 heteroatoms. The number of para-hydroxylation sites is 1. The van der Waals surface area contributed by atoms with Gasteiger partial charge in [0.05, 0.1) is 7.11 Å². The van der Waals surface area contributed by atoms with Crippen LogP contribution < -0.4 is 4.74 Å². The first-order valence-electron chi connectivity index (χ1n) is 7.17. The highest BCUT2D eigenvalue weighted by Gasteiger charge is 2.17. The quantitative estimate of drug-likeness (QED) is 0.713. The maximum absolute atomic E-state index is 10.6. The topological polar surface area (TPSA) is 49.7 Å². The number of phenols is 2. The van der Waals surface area contributed by atoms with Crippen molar-refractivity contribution in [3.8, 4) is 17.2 Å². The molecule has 112 valence electrons. The van der Waals surface area contributed by atoms with E-state index in [0.717, 1.165) is 16.9 Å². The lowest BCUT2D eigenvalue weighted by Gasteiger charge is -2.15. The minimum absolute atomic E-state index is 0.219. The Kier molecular flexibility index (Phi) is 3.63. The molecule has 0 atom stereocenters. The Bertz CT molecular complexity index is 837. The Hall–Kier alpha value is -2.68. The first-order valence-corrected chi connectivity index (χ1v) is 7.17. The maximum Gasteiger partial charge on any atom is 0.127 e. The number of hydrogen-bond acceptors (Lipinski definition) is 3. The van der Waals surface area contributed by atoms with Crippen molar-refractivity contribution in [3.05, 3.63) is 65.2 Å². The second-order valence-corrected chi connectivity index (χ2v) is 5.33. The van der Waals surface area contributed by atoms with Crippen LogP contribution in [0.2, 0.25) is 0 Å². The van der Waals surface area contributed by atoms with Crippen LogP contribution in [0.15, 0.2) is 48.5 Å². The molecule has 0 aliphatic carbocycles. The third kappa shape index (κ3) is 2.25. The molecule has 0 bridgehead atoms. The Morgan fingerprint density at radius 1 is 0.864 bits per heavy atom. The van der Waals surface area contributed by atoms with Crippen molar-refractivity contribution in [2.24, 2.45) is 0 Å². The Balaban J connectivity index is 2.19. The average molecular weight is 294 g/mol. The molecule has 0 unspecified atom stereocenters. The molecule has 22 heavy (non-hydrogen) atoms. The summed E-state index contributed by atoms with van der Waals surface area (Å²) >= 11 is 0. The first-order chi connectivity index (χ1) is 10.6. The normalized spacial score (nSPS) is 10.8. The molecular formula is C19H18O3. The van der Waals surface area contributed by atoms with Gasteiger partial charge in [0, 0.05) is 22.8 Å². The molecule has 0 saturated heterocycles. The van der Waals surface area contributed by atoms with Gasteiger partial charge in [0.15, 0.2) is 0 Å². The van der Waals surface area contributed by atoms with Crippen LogP contribution in [0.25, 0.3) is 10.8 Å². The minimum atomic E-state index is 0.219. The second-order valence-electron chi connectivity index (χ2n) is 5.33. The number of aromatic hydroxyl groups is 2. The summed E-state index contributed by atoms with van der Waals surface area (Å²) in [5, 5.41) is 22.4. The van der Waals surface area contributed by atoms with Gasteiger partial charge in [-0.3, -0.25) is 0 Å². The largest absolute Gasteiger partial charge is 0.507 e. The summed E-state index contributed by atoms with van der Waals surface area (Å²) in [6, 6.07) is 15.0. The van der Waals surface area contributed by atoms with Crippen molar-refractivity contribution in [2.45, 2.75) is 13.3 Å². The molecule has 3 nitrogen and oxygen atoms in total. The zero-order valence-electron chi connectivity index (χ0n) is 12.6. The van der Waals surface area contributed by atoms with Crippen molar-refractivity contribution in [1.82, 2.24) is 0 Å². The lowest BCUT2D eigenvalue weighted by Crippen LogP contribution is -1.97. The fraction of sp³-hybridized carbons (Fsp3) is 0.158. The van der Waals surface area contributed by atoms with Crippen LogP contribution in [-0.4, -0.2) is 17.3 Å². The molecule has 3 aromatic carbocycles. The average Bonchev–Trinajstić information content (AvgIpc) is 2.57. The van der Waals surface area contributed by atoms with Gasteiger partial charge in [-0.05, 0) is 24.1 Å². The van der Waals surface area contributed by atoms with Gasteiger partial charge in [-0.15, -0.1) is 0 Å². The van der Waals surface area contributed by atoms with Crippen LogP contribution in [0.4, 0.5) is 0 Å². The molecule has 2 N–H and O–H groups in total. The molecule has 0 radical (unpaired) electrons. The van der Waals surface area contributed by atoms with E-state index in [1.165, 1.54) is 0 Å². The molecule has 0 heterocycles. The molecule has 0 aliphatic rings. The van der Waals surface area contributed by atoms with E-state index in [9.17, 15) is 10.2 Å². The lowest BCUT2D eigenvalue weighted by atomic mass is 9.94. The van der Waals surface area contributed by atoms with Crippen LogP contribution in [0.5, 0.6) is 17.2 Å². The fourth-order valence-corrected chi connectivity index (χ4v) is 2.84. The summed E-state index contributed by atoms with van der Waals surface area (Å²) in [6.07, 6.45) is 0.500. The van der Waals surface area contributed by atoms with Crippen molar-refractivity contribution in [2.75, 3.05) is 7.11 Å². The zero-order valence-corrected chi connectivity index (χ0v) is 12.6. The van der Waals surface area contributed by atoms with Gasteiger partial charge >= 0.3 is 0 Å². The number of phenolic OH excluding ortho intramolecular Hbond substituents is 2. The van der Waals surface area contributed by atoms with Crippen LogP contribution in [0, 0.1) is 6.92 Å². The van der Waals surface area contributed by atoms with E-state index in [1.807, 2.05) is 55.5 Å². The highest BCUT2D eigenvalue weighted by Crippen LogP contribution is 2.40. The molecule has 0 aromatic heterocycles. The number of hydrogen-bond donors (Lipinski definition) is 2. The van der Waals surface area contributed by atoms with Crippen molar-refractivity contribution < 1.29 is 14.9 Å². The maximum atomic E-state index is 10.6. The van der Waals surface area contributed by atoms with Crippen molar-refractivity contribution in [3.63, 3.8) is 0 Å². The van der Waals surface area contributed by atoms with Gasteiger partial charge in [0.2, 0.25) is 0 Å². The Labute approximate surface area is 129 Å². The van der Waals surface area contributed by atoms with Crippen LogP contribution in [0.3, 0.4) is 0 Å². The van der Waals surface area contributed by atoms with Gasteiger partial charge in [0.1, 0.15) is 17.2 Å². The van der Waals surface area contributed by atoms with E-state index in [4.69, 9.17) is 4.74 Å². The summed E-state index contributed by atoms with van der Waals surface area (Å²) < 4.78 is 5.37. The predicted octanol–water partition coefficient (Wildman–Crippen LogP) is 4.16. The highest BCUT2D eigenvalue weighted by molar-refractivity contribution is 5.95. The zero-order chi connectivity index (χ0) is 15.7. The van der Waals surface area contributed by atoms with Gasteiger partial charge < -0.3 is 14.9 Å². The second kappa shape index (κ2) is 5.60. The number of rotatable bonds is 3. The third-order valence-corrected chi connectivity index (χ3v) is 4.09. The van der Waals surface area contributed by atoms with E-state index in [0.29, 0.717) is 22.8 Å². The summed E-state index contributed by atoms with van der Waals surface area (Å²) in [7, 11) is 1.63. The smallest absolute Gasteiger partial charge is 0.127 e.